The Hall–Kier alpha value is -1.65. The molecule has 178 valence electrons. The molecule has 8 atom stereocenters. The van der Waals surface area contributed by atoms with Crippen LogP contribution in [0.3, 0.4) is 0 Å². The third kappa shape index (κ3) is 3.84. The highest BCUT2D eigenvalue weighted by atomic mass is 16.5. The van der Waals surface area contributed by atoms with E-state index >= 15 is 0 Å². The molecule has 5 heteroatoms. The summed E-state index contributed by atoms with van der Waals surface area (Å²) in [6.07, 6.45) is 10.3. The Balaban J connectivity index is 1.54. The smallest absolute Gasteiger partial charge is 0.305 e. The lowest BCUT2D eigenvalue weighted by atomic mass is 9.46. The predicted molar refractivity (Wildman–Crippen MR) is 122 cm³/mol. The highest BCUT2D eigenvalue weighted by molar-refractivity contribution is 5.94. The van der Waals surface area contributed by atoms with Gasteiger partial charge in [-0.3, -0.25) is 14.4 Å². The summed E-state index contributed by atoms with van der Waals surface area (Å²) in [6, 6.07) is 0. The molecule has 0 saturated heterocycles. The zero-order valence-corrected chi connectivity index (χ0v) is 20.4. The molecule has 4 aliphatic carbocycles. The molecule has 0 spiro atoms. The van der Waals surface area contributed by atoms with Crippen LogP contribution in [0.2, 0.25) is 0 Å². The van der Waals surface area contributed by atoms with Crippen molar-refractivity contribution in [2.24, 2.45) is 40.4 Å². The quantitative estimate of drug-likeness (QED) is 0.541. The van der Waals surface area contributed by atoms with Gasteiger partial charge in [0.25, 0.3) is 0 Å². The fourth-order valence-electron chi connectivity index (χ4n) is 8.33. The van der Waals surface area contributed by atoms with E-state index in [1.54, 1.807) is 0 Å². The second kappa shape index (κ2) is 8.61. The summed E-state index contributed by atoms with van der Waals surface area (Å²) in [5.74, 6) is 1.92. The van der Waals surface area contributed by atoms with Crippen LogP contribution in [-0.2, 0) is 23.9 Å². The molecule has 3 fully saturated rings. The highest BCUT2D eigenvalue weighted by Gasteiger charge is 2.61. The van der Waals surface area contributed by atoms with Gasteiger partial charge in [0, 0.05) is 25.7 Å². The van der Waals surface area contributed by atoms with Gasteiger partial charge in [0.2, 0.25) is 0 Å². The summed E-state index contributed by atoms with van der Waals surface area (Å²) < 4.78 is 10.4. The van der Waals surface area contributed by atoms with Crippen LogP contribution in [0.1, 0.15) is 85.5 Å². The maximum absolute atomic E-state index is 13.5. The summed E-state index contributed by atoms with van der Waals surface area (Å²) >= 11 is 0. The first-order chi connectivity index (χ1) is 15.1. The van der Waals surface area contributed by atoms with E-state index in [0.717, 1.165) is 44.9 Å². The van der Waals surface area contributed by atoms with Gasteiger partial charge < -0.3 is 9.47 Å². The van der Waals surface area contributed by atoms with Gasteiger partial charge >= 0.3 is 11.9 Å². The lowest BCUT2D eigenvalue weighted by molar-refractivity contribution is -0.149. The minimum Gasteiger partial charge on any atom is -0.469 e. The molecule has 3 saturated carbocycles. The largest absolute Gasteiger partial charge is 0.469 e. The molecule has 4 unspecified atom stereocenters. The molecule has 0 aromatic carbocycles. The lowest BCUT2D eigenvalue weighted by Gasteiger charge is -2.57. The number of ether oxygens (including phenoxy) is 2. The van der Waals surface area contributed by atoms with Crippen molar-refractivity contribution in [1.29, 1.82) is 0 Å². The molecule has 5 nitrogen and oxygen atoms in total. The van der Waals surface area contributed by atoms with Crippen LogP contribution in [0.25, 0.3) is 0 Å². The van der Waals surface area contributed by atoms with Crippen LogP contribution in [0, 0.1) is 40.4 Å². The van der Waals surface area contributed by atoms with Gasteiger partial charge in [-0.1, -0.05) is 26.3 Å². The summed E-state index contributed by atoms with van der Waals surface area (Å²) in [4.78, 5) is 36.7. The van der Waals surface area contributed by atoms with Gasteiger partial charge in [0.05, 0.1) is 7.11 Å². The Labute approximate surface area is 192 Å². The molecule has 0 aromatic heterocycles. The van der Waals surface area contributed by atoms with Crippen LogP contribution >= 0.6 is 0 Å². The number of fused-ring (bicyclic) bond motifs is 5. The molecule has 0 amide bonds. The molecule has 0 N–H and O–H groups in total. The van der Waals surface area contributed by atoms with Gasteiger partial charge in [0.1, 0.15) is 6.10 Å². The summed E-state index contributed by atoms with van der Waals surface area (Å²) in [6.45, 7) is 8.54. The zero-order chi connectivity index (χ0) is 23.3. The first kappa shape index (κ1) is 23.5. The third-order valence-corrected chi connectivity index (χ3v) is 10.0. The van der Waals surface area contributed by atoms with Crippen LogP contribution in [-0.4, -0.2) is 30.9 Å². The number of methoxy groups -OCH3 is 1. The van der Waals surface area contributed by atoms with Gasteiger partial charge in [-0.2, -0.15) is 0 Å². The number of ketones is 1. The Morgan fingerprint density at radius 2 is 1.88 bits per heavy atom. The Bertz CT molecular complexity index is 815. The number of allylic oxidation sites excluding steroid dienone is 1. The summed E-state index contributed by atoms with van der Waals surface area (Å²) in [7, 11) is 1.46. The molecular formula is C27H40O5. The maximum atomic E-state index is 13.5. The fourth-order valence-corrected chi connectivity index (χ4v) is 8.33. The van der Waals surface area contributed by atoms with Crippen molar-refractivity contribution in [2.45, 2.75) is 91.6 Å². The van der Waals surface area contributed by atoms with Crippen molar-refractivity contribution in [2.75, 3.05) is 7.11 Å². The van der Waals surface area contributed by atoms with Crippen LogP contribution in [0.15, 0.2) is 11.6 Å². The molecule has 4 rings (SSSR count). The average molecular weight is 445 g/mol. The topological polar surface area (TPSA) is 69.7 Å². The second-order valence-corrected chi connectivity index (χ2v) is 11.5. The number of rotatable bonds is 5. The van der Waals surface area contributed by atoms with E-state index in [9.17, 15) is 14.4 Å². The van der Waals surface area contributed by atoms with Crippen molar-refractivity contribution in [3.63, 3.8) is 0 Å². The van der Waals surface area contributed by atoms with Gasteiger partial charge in [0.15, 0.2) is 5.78 Å². The standard InChI is InChI=1S/C27H40O5/c1-16(6-9-24(30)31-5)20-7-8-21-25-22(11-13-27(20,21)4)26(3)12-10-19(32-17(2)28)14-18(26)15-23(25)29/h15-16,19-22,25H,6-14H2,1-5H3/t16-,19+,20?,21?,22?,25?,26+,27-/m1/s1. The highest BCUT2D eigenvalue weighted by Crippen LogP contribution is 2.66. The van der Waals surface area contributed by atoms with E-state index in [0.29, 0.717) is 42.3 Å². The molecule has 0 aromatic rings. The lowest BCUT2D eigenvalue weighted by Crippen LogP contribution is -2.53. The number of carbonyl (C=O) groups excluding carboxylic acids is 3. The van der Waals surface area contributed by atoms with Crippen LogP contribution in [0.5, 0.6) is 0 Å². The third-order valence-electron chi connectivity index (χ3n) is 10.0. The van der Waals surface area contributed by atoms with E-state index in [1.807, 2.05) is 6.08 Å². The number of carbonyl (C=O) groups is 3. The molecular weight excluding hydrogens is 404 g/mol. The Morgan fingerprint density at radius 1 is 1.12 bits per heavy atom. The minimum atomic E-state index is -0.231. The number of hydrogen-bond acceptors (Lipinski definition) is 5. The van der Waals surface area contributed by atoms with Gasteiger partial charge in [-0.25, -0.2) is 0 Å². The van der Waals surface area contributed by atoms with E-state index < -0.39 is 0 Å². The summed E-state index contributed by atoms with van der Waals surface area (Å²) in [5.41, 5.74) is 1.43. The normalized spacial score (nSPS) is 41.6. The molecule has 4 aliphatic rings. The SMILES string of the molecule is COC(=O)CC[C@@H](C)C1CCC2C3C(=O)C=C4C[C@@H](OC(C)=O)CC[C@]4(C)C3CC[C@@]21C. The predicted octanol–water partition coefficient (Wildman–Crippen LogP) is 5.27. The van der Waals surface area contributed by atoms with E-state index in [1.165, 1.54) is 19.6 Å². The molecule has 32 heavy (non-hydrogen) atoms. The van der Waals surface area contributed by atoms with Crippen molar-refractivity contribution in [3.8, 4) is 0 Å². The van der Waals surface area contributed by atoms with Crippen molar-refractivity contribution >= 4 is 17.7 Å². The second-order valence-electron chi connectivity index (χ2n) is 11.5. The van der Waals surface area contributed by atoms with E-state index in [2.05, 4.69) is 20.8 Å². The van der Waals surface area contributed by atoms with Crippen molar-refractivity contribution in [1.82, 2.24) is 0 Å². The van der Waals surface area contributed by atoms with E-state index in [-0.39, 0.29) is 34.8 Å². The Morgan fingerprint density at radius 3 is 2.56 bits per heavy atom. The molecule has 0 radical (unpaired) electrons. The molecule has 0 bridgehead atoms. The van der Waals surface area contributed by atoms with Crippen LogP contribution in [0.4, 0.5) is 0 Å². The monoisotopic (exact) mass is 444 g/mol. The first-order valence-corrected chi connectivity index (χ1v) is 12.6. The molecule has 0 aliphatic heterocycles. The van der Waals surface area contributed by atoms with Crippen LogP contribution < -0.4 is 0 Å². The van der Waals surface area contributed by atoms with Crippen molar-refractivity contribution < 1.29 is 23.9 Å². The minimum absolute atomic E-state index is 0.0468. The zero-order valence-electron chi connectivity index (χ0n) is 20.4. The average Bonchev–Trinajstić information content (AvgIpc) is 3.09. The Kier molecular flexibility index (Phi) is 6.32. The van der Waals surface area contributed by atoms with Gasteiger partial charge in [-0.05, 0) is 85.5 Å². The van der Waals surface area contributed by atoms with Gasteiger partial charge in [-0.15, -0.1) is 0 Å². The first-order valence-electron chi connectivity index (χ1n) is 12.6. The maximum Gasteiger partial charge on any atom is 0.305 e. The summed E-state index contributed by atoms with van der Waals surface area (Å²) in [5, 5.41) is 0. The molecule has 0 heterocycles. The fraction of sp³-hybridized carbons (Fsp3) is 0.815. The van der Waals surface area contributed by atoms with E-state index in [4.69, 9.17) is 9.47 Å². The number of hydrogen-bond donors (Lipinski definition) is 0. The van der Waals surface area contributed by atoms with Crippen molar-refractivity contribution in [3.05, 3.63) is 11.6 Å². The number of esters is 2.